The summed E-state index contributed by atoms with van der Waals surface area (Å²) < 4.78 is 11.5. The molecule has 2 rings (SSSR count). The molecule has 6 heteroatoms. The molecule has 1 saturated heterocycles. The number of carbonyl (C=O) groups excluding carboxylic acids is 1. The summed E-state index contributed by atoms with van der Waals surface area (Å²) in [7, 11) is 1.71. The molecule has 0 unspecified atom stereocenters. The number of likely N-dealkylation sites (tertiary alicyclic amines) is 1. The fraction of sp³-hybridized carbons (Fsp3) is 0.500. The Morgan fingerprint density at radius 3 is 2.80 bits per heavy atom. The lowest BCUT2D eigenvalue weighted by atomic mass is 10.1. The molecule has 0 spiro atoms. The first-order chi connectivity index (χ1) is 9.61. The quantitative estimate of drug-likeness (QED) is 0.826. The normalized spacial score (nSPS) is 16.2. The first-order valence-electron chi connectivity index (χ1n) is 6.49. The lowest BCUT2D eigenvalue weighted by molar-refractivity contribution is -0.135. The van der Waals surface area contributed by atoms with Gasteiger partial charge < -0.3 is 14.4 Å². The van der Waals surface area contributed by atoms with E-state index in [0.717, 1.165) is 25.9 Å². The van der Waals surface area contributed by atoms with Crippen molar-refractivity contribution in [3.8, 4) is 5.75 Å². The standard InChI is InChI=1S/C14H17BrClNO3/c1-19-10-5-7-17(8-6-10)13(18)9-20-12-4-2-3-11(16)14(12)15/h2-4,10H,5-9H2,1H3. The van der Waals surface area contributed by atoms with Crippen LogP contribution in [-0.4, -0.2) is 43.7 Å². The monoisotopic (exact) mass is 361 g/mol. The molecule has 0 N–H and O–H groups in total. The van der Waals surface area contributed by atoms with Crippen molar-refractivity contribution in [1.29, 1.82) is 0 Å². The second kappa shape index (κ2) is 7.29. The summed E-state index contributed by atoms with van der Waals surface area (Å²) >= 11 is 9.32. The number of piperidine rings is 1. The van der Waals surface area contributed by atoms with Crippen LogP contribution in [0, 0.1) is 0 Å². The van der Waals surface area contributed by atoms with Gasteiger partial charge in [-0.25, -0.2) is 0 Å². The number of carbonyl (C=O) groups is 1. The van der Waals surface area contributed by atoms with Gasteiger partial charge in [0.05, 0.1) is 15.6 Å². The molecule has 4 nitrogen and oxygen atoms in total. The van der Waals surface area contributed by atoms with Gasteiger partial charge in [-0.2, -0.15) is 0 Å². The molecule has 0 bridgehead atoms. The number of hydrogen-bond donors (Lipinski definition) is 0. The average Bonchev–Trinajstić information content (AvgIpc) is 2.48. The maximum atomic E-state index is 12.1. The molecule has 0 aromatic heterocycles. The number of nitrogens with zero attached hydrogens (tertiary/aromatic N) is 1. The van der Waals surface area contributed by atoms with Crippen LogP contribution in [0.5, 0.6) is 5.75 Å². The number of halogens is 2. The summed E-state index contributed by atoms with van der Waals surface area (Å²) in [4.78, 5) is 13.9. The van der Waals surface area contributed by atoms with E-state index in [-0.39, 0.29) is 18.6 Å². The zero-order chi connectivity index (χ0) is 14.5. The van der Waals surface area contributed by atoms with Crippen molar-refractivity contribution in [2.45, 2.75) is 18.9 Å². The van der Waals surface area contributed by atoms with Crippen LogP contribution < -0.4 is 4.74 Å². The van der Waals surface area contributed by atoms with Crippen molar-refractivity contribution in [1.82, 2.24) is 4.90 Å². The Labute approximate surface area is 132 Å². The summed E-state index contributed by atoms with van der Waals surface area (Å²) in [5.41, 5.74) is 0. The minimum absolute atomic E-state index is 0.00794. The van der Waals surface area contributed by atoms with Crippen molar-refractivity contribution in [3.05, 3.63) is 27.7 Å². The number of rotatable bonds is 4. The van der Waals surface area contributed by atoms with E-state index in [1.165, 1.54) is 0 Å². The molecule has 20 heavy (non-hydrogen) atoms. The van der Waals surface area contributed by atoms with Crippen molar-refractivity contribution in [3.63, 3.8) is 0 Å². The summed E-state index contributed by atoms with van der Waals surface area (Å²) in [5.74, 6) is 0.573. The van der Waals surface area contributed by atoms with Gasteiger partial charge in [0, 0.05) is 20.2 Å². The van der Waals surface area contributed by atoms with Crippen molar-refractivity contribution < 1.29 is 14.3 Å². The minimum Gasteiger partial charge on any atom is -0.483 e. The van der Waals surface area contributed by atoms with Gasteiger partial charge in [0.1, 0.15) is 5.75 Å². The predicted molar refractivity (Wildman–Crippen MR) is 81.3 cm³/mol. The van der Waals surface area contributed by atoms with Crippen molar-refractivity contribution in [2.24, 2.45) is 0 Å². The molecule has 1 aromatic rings. The first-order valence-corrected chi connectivity index (χ1v) is 7.66. The number of methoxy groups -OCH3 is 1. The Morgan fingerprint density at radius 1 is 1.45 bits per heavy atom. The third-order valence-corrected chi connectivity index (χ3v) is 4.76. The minimum atomic E-state index is -0.00794. The zero-order valence-electron chi connectivity index (χ0n) is 11.3. The van der Waals surface area contributed by atoms with E-state index in [4.69, 9.17) is 21.1 Å². The number of benzene rings is 1. The van der Waals surface area contributed by atoms with Gasteiger partial charge in [-0.3, -0.25) is 4.79 Å². The van der Waals surface area contributed by atoms with E-state index in [1.54, 1.807) is 25.3 Å². The zero-order valence-corrected chi connectivity index (χ0v) is 13.6. The van der Waals surface area contributed by atoms with E-state index in [0.29, 0.717) is 15.2 Å². The Hall–Kier alpha value is -0.780. The van der Waals surface area contributed by atoms with E-state index >= 15 is 0 Å². The molecule has 1 heterocycles. The Morgan fingerprint density at radius 2 is 2.15 bits per heavy atom. The van der Waals surface area contributed by atoms with Gasteiger partial charge in [0.2, 0.25) is 0 Å². The third-order valence-electron chi connectivity index (χ3n) is 3.40. The van der Waals surface area contributed by atoms with E-state index < -0.39 is 0 Å². The molecular weight excluding hydrogens is 346 g/mol. The van der Waals surface area contributed by atoms with Crippen LogP contribution in [0.2, 0.25) is 5.02 Å². The predicted octanol–water partition coefficient (Wildman–Crippen LogP) is 3.12. The largest absolute Gasteiger partial charge is 0.483 e. The maximum absolute atomic E-state index is 12.1. The summed E-state index contributed by atoms with van der Waals surface area (Å²) in [6.45, 7) is 1.46. The smallest absolute Gasteiger partial charge is 0.260 e. The SMILES string of the molecule is COC1CCN(C(=O)COc2cccc(Cl)c2Br)CC1. The summed E-state index contributed by atoms with van der Waals surface area (Å²) in [6, 6.07) is 5.33. The van der Waals surface area contributed by atoms with Gasteiger partial charge in [0.25, 0.3) is 5.91 Å². The maximum Gasteiger partial charge on any atom is 0.260 e. The van der Waals surface area contributed by atoms with E-state index in [2.05, 4.69) is 15.9 Å². The third kappa shape index (κ3) is 3.87. The molecule has 1 aliphatic heterocycles. The average molecular weight is 363 g/mol. The number of ether oxygens (including phenoxy) is 2. The highest BCUT2D eigenvalue weighted by Crippen LogP contribution is 2.31. The van der Waals surface area contributed by atoms with Gasteiger partial charge in [-0.15, -0.1) is 0 Å². The van der Waals surface area contributed by atoms with Crippen LogP contribution in [0.15, 0.2) is 22.7 Å². The molecule has 0 aliphatic carbocycles. The molecule has 0 radical (unpaired) electrons. The molecule has 110 valence electrons. The highest BCUT2D eigenvalue weighted by Gasteiger charge is 2.22. The van der Waals surface area contributed by atoms with Crippen LogP contribution in [0.25, 0.3) is 0 Å². The van der Waals surface area contributed by atoms with Crippen molar-refractivity contribution in [2.75, 3.05) is 26.8 Å². The van der Waals surface area contributed by atoms with Crippen LogP contribution in [0.1, 0.15) is 12.8 Å². The molecule has 1 amide bonds. The fourth-order valence-corrected chi connectivity index (χ4v) is 2.71. The lowest BCUT2D eigenvalue weighted by Crippen LogP contribution is -2.42. The topological polar surface area (TPSA) is 38.8 Å². The number of hydrogen-bond acceptors (Lipinski definition) is 3. The van der Waals surface area contributed by atoms with E-state index in [1.807, 2.05) is 4.90 Å². The summed E-state index contributed by atoms with van der Waals surface area (Å²) in [5, 5.41) is 0.566. The van der Waals surface area contributed by atoms with Gasteiger partial charge in [-0.05, 0) is 40.9 Å². The van der Waals surface area contributed by atoms with E-state index in [9.17, 15) is 4.79 Å². The highest BCUT2D eigenvalue weighted by molar-refractivity contribution is 9.10. The molecule has 0 atom stereocenters. The first kappa shape index (κ1) is 15.6. The van der Waals surface area contributed by atoms with Crippen LogP contribution >= 0.6 is 27.5 Å². The molecular formula is C14H17BrClNO3. The van der Waals surface area contributed by atoms with Crippen LogP contribution in [0.3, 0.4) is 0 Å². The number of amides is 1. The Kier molecular flexibility index (Phi) is 5.69. The fourth-order valence-electron chi connectivity index (χ4n) is 2.17. The summed E-state index contributed by atoms with van der Waals surface area (Å²) in [6.07, 6.45) is 2.02. The van der Waals surface area contributed by atoms with Crippen molar-refractivity contribution >= 4 is 33.4 Å². The Balaban J connectivity index is 1.85. The molecule has 1 aliphatic rings. The van der Waals surface area contributed by atoms with Gasteiger partial charge >= 0.3 is 0 Å². The van der Waals surface area contributed by atoms with Crippen LogP contribution in [-0.2, 0) is 9.53 Å². The Bertz CT molecular complexity index is 475. The molecule has 1 fully saturated rings. The molecule has 1 aromatic carbocycles. The second-order valence-electron chi connectivity index (χ2n) is 4.66. The molecule has 0 saturated carbocycles. The highest BCUT2D eigenvalue weighted by atomic mass is 79.9. The lowest BCUT2D eigenvalue weighted by Gasteiger charge is -2.31. The van der Waals surface area contributed by atoms with Crippen LogP contribution in [0.4, 0.5) is 0 Å². The second-order valence-corrected chi connectivity index (χ2v) is 5.86. The van der Waals surface area contributed by atoms with Gasteiger partial charge in [-0.1, -0.05) is 17.7 Å². The van der Waals surface area contributed by atoms with Gasteiger partial charge in [0.15, 0.2) is 6.61 Å².